The summed E-state index contributed by atoms with van der Waals surface area (Å²) in [7, 11) is 0. The number of rotatable bonds is 5. The number of thioether (sulfide) groups is 1. The molecule has 4 aromatic rings. The Morgan fingerprint density at radius 1 is 1.21 bits per heavy atom. The van der Waals surface area contributed by atoms with Gasteiger partial charge < -0.3 is 5.32 Å². The fourth-order valence-electron chi connectivity index (χ4n) is 2.84. The summed E-state index contributed by atoms with van der Waals surface area (Å²) in [6, 6.07) is 16.5. The molecule has 0 unspecified atom stereocenters. The molecule has 0 radical (unpaired) electrons. The highest BCUT2D eigenvalue weighted by Gasteiger charge is 2.16. The topological polar surface area (TPSA) is 64.0 Å². The molecule has 0 spiro atoms. The van der Waals surface area contributed by atoms with Crippen LogP contribution in [0.15, 0.2) is 69.9 Å². The average Bonchev–Trinajstić information content (AvgIpc) is 3.19. The summed E-state index contributed by atoms with van der Waals surface area (Å²) in [5, 5.41) is 5.75. The van der Waals surface area contributed by atoms with Crippen molar-refractivity contribution in [1.29, 1.82) is 0 Å². The van der Waals surface area contributed by atoms with Gasteiger partial charge in [-0.2, -0.15) is 0 Å². The van der Waals surface area contributed by atoms with Gasteiger partial charge in [0.25, 0.3) is 5.56 Å². The maximum absolute atomic E-state index is 13.0. The Balaban J connectivity index is 1.63. The maximum Gasteiger partial charge on any atom is 0.276 e. The summed E-state index contributed by atoms with van der Waals surface area (Å²) in [5.74, 6) is -0.0828. The third-order valence-corrected chi connectivity index (χ3v) is 6.33. The van der Waals surface area contributed by atoms with E-state index in [1.807, 2.05) is 54.8 Å². The molecule has 29 heavy (non-hydrogen) atoms. The number of amides is 1. The van der Waals surface area contributed by atoms with Crippen molar-refractivity contribution in [2.75, 3.05) is 11.1 Å². The number of thiophene rings is 1. The van der Waals surface area contributed by atoms with E-state index in [0.717, 1.165) is 5.56 Å². The Hall–Kier alpha value is -2.61. The third kappa shape index (κ3) is 4.22. The van der Waals surface area contributed by atoms with Crippen LogP contribution >= 0.6 is 34.7 Å². The number of fused-ring (bicyclic) bond motifs is 1. The standard InChI is InChI=1S/C21H16ClN3O2S2/c1-13-7-8-14(22)11-17(13)23-18(26)12-29-21-24-16-9-10-28-19(16)20(27)25(21)15-5-3-2-4-6-15/h2-11H,12H2,1H3,(H,23,26). The number of halogens is 1. The minimum Gasteiger partial charge on any atom is -0.325 e. The van der Waals surface area contributed by atoms with Gasteiger partial charge >= 0.3 is 0 Å². The summed E-state index contributed by atoms with van der Waals surface area (Å²) in [6.07, 6.45) is 0. The van der Waals surface area contributed by atoms with Crippen LogP contribution in [0.2, 0.25) is 5.02 Å². The summed E-state index contributed by atoms with van der Waals surface area (Å²) in [6.45, 7) is 1.90. The van der Waals surface area contributed by atoms with E-state index in [1.54, 1.807) is 16.7 Å². The minimum atomic E-state index is -0.195. The Morgan fingerprint density at radius 3 is 2.79 bits per heavy atom. The average molecular weight is 442 g/mol. The normalized spacial score (nSPS) is 11.0. The van der Waals surface area contributed by atoms with Gasteiger partial charge in [0.1, 0.15) is 4.70 Å². The van der Waals surface area contributed by atoms with Crippen LogP contribution in [0.4, 0.5) is 5.69 Å². The van der Waals surface area contributed by atoms with Crippen LogP contribution in [0.5, 0.6) is 0 Å². The van der Waals surface area contributed by atoms with Crippen LogP contribution in [0.25, 0.3) is 15.9 Å². The highest BCUT2D eigenvalue weighted by Crippen LogP contribution is 2.25. The molecule has 0 saturated carbocycles. The number of benzene rings is 2. The van der Waals surface area contributed by atoms with E-state index in [9.17, 15) is 9.59 Å². The SMILES string of the molecule is Cc1ccc(Cl)cc1NC(=O)CSc1nc2ccsc2c(=O)n1-c1ccccc1. The zero-order chi connectivity index (χ0) is 20.4. The summed E-state index contributed by atoms with van der Waals surface area (Å²) >= 11 is 8.61. The molecule has 1 N–H and O–H groups in total. The Kier molecular flexibility index (Phi) is 5.71. The van der Waals surface area contributed by atoms with Gasteiger partial charge in [-0.15, -0.1) is 11.3 Å². The fraction of sp³-hybridized carbons (Fsp3) is 0.0952. The van der Waals surface area contributed by atoms with Crippen molar-refractivity contribution in [2.45, 2.75) is 12.1 Å². The minimum absolute atomic E-state index is 0.112. The molecule has 0 atom stereocenters. The number of para-hydroxylation sites is 1. The lowest BCUT2D eigenvalue weighted by molar-refractivity contribution is -0.113. The Morgan fingerprint density at radius 2 is 2.00 bits per heavy atom. The predicted molar refractivity (Wildman–Crippen MR) is 121 cm³/mol. The van der Waals surface area contributed by atoms with Crippen molar-refractivity contribution in [3.8, 4) is 5.69 Å². The Bertz CT molecular complexity index is 1250. The van der Waals surface area contributed by atoms with Crippen LogP contribution < -0.4 is 10.9 Å². The molecule has 2 aromatic carbocycles. The van der Waals surface area contributed by atoms with E-state index in [4.69, 9.17) is 11.6 Å². The first-order valence-corrected chi connectivity index (χ1v) is 11.0. The number of aromatic nitrogens is 2. The molecule has 2 heterocycles. The van der Waals surface area contributed by atoms with E-state index in [2.05, 4.69) is 10.3 Å². The molecule has 0 bridgehead atoms. The van der Waals surface area contributed by atoms with Crippen molar-refractivity contribution in [3.63, 3.8) is 0 Å². The first-order valence-electron chi connectivity index (χ1n) is 8.77. The van der Waals surface area contributed by atoms with Gasteiger partial charge in [0, 0.05) is 10.7 Å². The van der Waals surface area contributed by atoms with Crippen molar-refractivity contribution in [2.24, 2.45) is 0 Å². The Labute approximate surface area is 180 Å². The van der Waals surface area contributed by atoms with E-state index in [1.165, 1.54) is 23.1 Å². The molecule has 1 amide bonds. The van der Waals surface area contributed by atoms with Crippen molar-refractivity contribution in [3.05, 3.63) is 80.9 Å². The molecule has 5 nitrogen and oxygen atoms in total. The molecule has 0 saturated heterocycles. The molecule has 0 aliphatic carbocycles. The van der Waals surface area contributed by atoms with Gasteiger partial charge in [-0.1, -0.05) is 47.6 Å². The van der Waals surface area contributed by atoms with Gasteiger partial charge in [-0.25, -0.2) is 4.98 Å². The number of carbonyl (C=O) groups excluding carboxylic acids is 1. The van der Waals surface area contributed by atoms with Crippen LogP contribution in [0.3, 0.4) is 0 Å². The van der Waals surface area contributed by atoms with Gasteiger partial charge in [0.2, 0.25) is 5.91 Å². The lowest BCUT2D eigenvalue weighted by Gasteiger charge is -2.12. The zero-order valence-corrected chi connectivity index (χ0v) is 17.8. The largest absolute Gasteiger partial charge is 0.325 e. The third-order valence-electron chi connectivity index (χ3n) is 4.27. The predicted octanol–water partition coefficient (Wildman–Crippen LogP) is 5.14. The van der Waals surface area contributed by atoms with E-state index in [0.29, 0.717) is 31.8 Å². The number of hydrogen-bond donors (Lipinski definition) is 1. The molecular weight excluding hydrogens is 426 g/mol. The first kappa shape index (κ1) is 19.7. The van der Waals surface area contributed by atoms with Crippen LogP contribution in [-0.2, 0) is 4.79 Å². The van der Waals surface area contributed by atoms with Crippen molar-refractivity contribution < 1.29 is 4.79 Å². The quantitative estimate of drug-likeness (QED) is 0.344. The van der Waals surface area contributed by atoms with Gasteiger partial charge in [-0.3, -0.25) is 14.2 Å². The van der Waals surface area contributed by atoms with Gasteiger partial charge in [0.15, 0.2) is 5.16 Å². The second kappa shape index (κ2) is 8.41. The molecule has 8 heteroatoms. The maximum atomic E-state index is 13.0. The van der Waals surface area contributed by atoms with Crippen molar-refractivity contribution >= 4 is 56.5 Å². The molecular formula is C21H16ClN3O2S2. The number of anilines is 1. The van der Waals surface area contributed by atoms with E-state index in [-0.39, 0.29) is 17.2 Å². The molecule has 2 aromatic heterocycles. The number of aryl methyl sites for hydroxylation is 1. The van der Waals surface area contributed by atoms with Crippen LogP contribution in [0.1, 0.15) is 5.56 Å². The summed E-state index contributed by atoms with van der Waals surface area (Å²) < 4.78 is 2.15. The molecule has 0 fully saturated rings. The molecule has 146 valence electrons. The highest BCUT2D eigenvalue weighted by atomic mass is 35.5. The number of carbonyl (C=O) groups is 1. The van der Waals surface area contributed by atoms with Crippen molar-refractivity contribution in [1.82, 2.24) is 9.55 Å². The van der Waals surface area contributed by atoms with Crippen LogP contribution in [-0.4, -0.2) is 21.2 Å². The summed E-state index contributed by atoms with van der Waals surface area (Å²) in [4.78, 5) is 30.2. The lowest BCUT2D eigenvalue weighted by Crippen LogP contribution is -2.22. The van der Waals surface area contributed by atoms with Crippen LogP contribution in [0, 0.1) is 6.92 Å². The molecule has 0 aliphatic rings. The van der Waals surface area contributed by atoms with E-state index >= 15 is 0 Å². The van der Waals surface area contributed by atoms with Gasteiger partial charge in [0.05, 0.1) is 17.0 Å². The number of nitrogens with one attached hydrogen (secondary N) is 1. The smallest absolute Gasteiger partial charge is 0.276 e. The second-order valence-corrected chi connectivity index (χ2v) is 8.60. The van der Waals surface area contributed by atoms with Gasteiger partial charge in [-0.05, 0) is 48.2 Å². The number of nitrogens with zero attached hydrogens (tertiary/aromatic N) is 2. The second-order valence-electron chi connectivity index (χ2n) is 6.30. The highest BCUT2D eigenvalue weighted by molar-refractivity contribution is 7.99. The molecule has 4 rings (SSSR count). The monoisotopic (exact) mass is 441 g/mol. The lowest BCUT2D eigenvalue weighted by atomic mass is 10.2. The van der Waals surface area contributed by atoms with E-state index < -0.39 is 0 Å². The zero-order valence-electron chi connectivity index (χ0n) is 15.4. The fourth-order valence-corrected chi connectivity index (χ4v) is 4.58. The molecule has 0 aliphatic heterocycles. The number of hydrogen-bond acceptors (Lipinski definition) is 5. The first-order chi connectivity index (χ1) is 14.0. The summed E-state index contributed by atoms with van der Waals surface area (Å²) in [5.41, 5.74) is 2.82.